The maximum Gasteiger partial charge on any atom is 0.501 e. The number of hydrogen-bond acceptors (Lipinski definition) is 3. The predicted molar refractivity (Wildman–Crippen MR) is 54.4 cm³/mol. The number of halogens is 4. The van der Waals surface area contributed by atoms with Crippen LogP contribution in [0.3, 0.4) is 0 Å². The minimum atomic E-state index is -5.45. The Hall–Kier alpha value is -1.28. The van der Waals surface area contributed by atoms with Crippen molar-refractivity contribution < 1.29 is 26.4 Å². The highest BCUT2D eigenvalue weighted by Crippen LogP contribution is 2.33. The molecule has 0 saturated carbocycles. The summed E-state index contributed by atoms with van der Waals surface area (Å²) < 4.78 is 58.8. The fraction of sp³-hybridized carbons (Fsp3) is 0.125. The number of benzene rings is 1. The van der Waals surface area contributed by atoms with Crippen LogP contribution in [0, 0.1) is 0 Å². The van der Waals surface area contributed by atoms with E-state index in [4.69, 9.17) is 11.6 Å². The van der Waals surface area contributed by atoms with Crippen LogP contribution in [0.25, 0.3) is 0 Å². The lowest BCUT2D eigenvalue weighted by molar-refractivity contribution is -0.105. The van der Waals surface area contributed by atoms with E-state index in [-0.39, 0.29) is 17.1 Å². The summed E-state index contributed by atoms with van der Waals surface area (Å²) in [5.41, 5.74) is -5.62. The molecule has 9 heteroatoms. The Morgan fingerprint density at radius 3 is 2.35 bits per heavy atom. The van der Waals surface area contributed by atoms with Gasteiger partial charge >= 0.3 is 5.51 Å². The lowest BCUT2D eigenvalue weighted by Gasteiger charge is -2.10. The summed E-state index contributed by atoms with van der Waals surface area (Å²) in [5.74, 6) is 0. The Kier molecular flexibility index (Phi) is 3.68. The second-order valence-corrected chi connectivity index (χ2v) is 5.20. The molecule has 0 aliphatic carbocycles. The molecule has 0 aliphatic heterocycles. The lowest BCUT2D eigenvalue weighted by atomic mass is 10.3. The van der Waals surface area contributed by atoms with Gasteiger partial charge in [0.05, 0.1) is 15.6 Å². The number of sulfone groups is 1. The first kappa shape index (κ1) is 13.8. The molecule has 0 bridgehead atoms. The van der Waals surface area contributed by atoms with E-state index in [0.29, 0.717) is 12.1 Å². The molecule has 0 radical (unpaired) electrons. The molecule has 94 valence electrons. The zero-order valence-corrected chi connectivity index (χ0v) is 9.53. The molecule has 4 nitrogen and oxygen atoms in total. The topological polar surface area (TPSA) is 63.2 Å². The van der Waals surface area contributed by atoms with Gasteiger partial charge in [-0.25, -0.2) is 8.42 Å². The molecule has 0 heterocycles. The molecule has 1 amide bonds. The number of alkyl halides is 3. The van der Waals surface area contributed by atoms with Gasteiger partial charge < -0.3 is 5.32 Å². The van der Waals surface area contributed by atoms with Crippen LogP contribution in [0.1, 0.15) is 0 Å². The Morgan fingerprint density at radius 1 is 1.29 bits per heavy atom. The van der Waals surface area contributed by atoms with Crippen LogP contribution in [0.5, 0.6) is 0 Å². The van der Waals surface area contributed by atoms with E-state index in [0.717, 1.165) is 6.07 Å². The number of nitrogens with one attached hydrogen (secondary N) is 1. The summed E-state index contributed by atoms with van der Waals surface area (Å²) in [6.07, 6.45) is 0.172. The maximum absolute atomic E-state index is 12.2. The number of amides is 1. The van der Waals surface area contributed by atoms with Crippen LogP contribution in [0.4, 0.5) is 18.9 Å². The van der Waals surface area contributed by atoms with Gasteiger partial charge in [-0.3, -0.25) is 4.79 Å². The van der Waals surface area contributed by atoms with Gasteiger partial charge in [-0.05, 0) is 18.2 Å². The van der Waals surface area contributed by atoms with Crippen molar-refractivity contribution in [3.63, 3.8) is 0 Å². The second kappa shape index (κ2) is 4.53. The zero-order chi connectivity index (χ0) is 13.3. The number of hydrogen-bond donors (Lipinski definition) is 1. The molecular formula is C8H5ClF3NO3S. The van der Waals surface area contributed by atoms with E-state index in [9.17, 15) is 26.4 Å². The molecule has 0 aromatic heterocycles. The lowest BCUT2D eigenvalue weighted by Crippen LogP contribution is -2.23. The van der Waals surface area contributed by atoms with Crippen LogP contribution in [0.2, 0.25) is 5.02 Å². The largest absolute Gasteiger partial charge is 0.501 e. The van der Waals surface area contributed by atoms with Gasteiger partial charge in [0.25, 0.3) is 9.84 Å². The Bertz CT molecular complexity index is 541. The minimum absolute atomic E-state index is 0.0711. The summed E-state index contributed by atoms with van der Waals surface area (Å²) in [4.78, 5) is 9.16. The van der Waals surface area contributed by atoms with Crippen molar-refractivity contribution in [2.45, 2.75) is 10.4 Å². The minimum Gasteiger partial charge on any atom is -0.327 e. The molecule has 0 spiro atoms. The fourth-order valence-corrected chi connectivity index (χ4v) is 1.94. The van der Waals surface area contributed by atoms with Gasteiger partial charge in [0, 0.05) is 0 Å². The number of carbonyl (C=O) groups excluding carboxylic acids is 1. The fourth-order valence-electron chi connectivity index (χ4n) is 0.979. The molecule has 0 atom stereocenters. The first-order valence-corrected chi connectivity index (χ1v) is 5.87. The third kappa shape index (κ3) is 2.70. The first-order valence-electron chi connectivity index (χ1n) is 4.01. The third-order valence-electron chi connectivity index (χ3n) is 1.77. The van der Waals surface area contributed by atoms with Gasteiger partial charge in [0.15, 0.2) is 0 Å². The zero-order valence-electron chi connectivity index (χ0n) is 7.95. The summed E-state index contributed by atoms with van der Waals surface area (Å²) >= 11 is 5.54. The van der Waals surface area contributed by atoms with Gasteiger partial charge in [0.2, 0.25) is 6.41 Å². The van der Waals surface area contributed by atoms with Crippen molar-refractivity contribution in [2.75, 3.05) is 5.32 Å². The van der Waals surface area contributed by atoms with Crippen LogP contribution in [0.15, 0.2) is 23.1 Å². The van der Waals surface area contributed by atoms with E-state index in [1.54, 1.807) is 0 Å². The van der Waals surface area contributed by atoms with Crippen LogP contribution < -0.4 is 5.32 Å². The summed E-state index contributed by atoms with van der Waals surface area (Å²) in [7, 11) is -5.45. The molecule has 1 aromatic carbocycles. The maximum atomic E-state index is 12.2. The molecule has 0 aliphatic rings. The van der Waals surface area contributed by atoms with Crippen LogP contribution in [-0.2, 0) is 14.6 Å². The Balaban J connectivity index is 3.35. The van der Waals surface area contributed by atoms with Gasteiger partial charge in [-0.1, -0.05) is 11.6 Å². The van der Waals surface area contributed by atoms with Crippen LogP contribution in [-0.4, -0.2) is 20.3 Å². The first-order chi connectivity index (χ1) is 7.70. The predicted octanol–water partition coefficient (Wildman–Crippen LogP) is 2.20. The van der Waals surface area contributed by atoms with Gasteiger partial charge in [0.1, 0.15) is 0 Å². The summed E-state index contributed by atoms with van der Waals surface area (Å²) in [5, 5.41) is 1.92. The molecule has 17 heavy (non-hydrogen) atoms. The highest BCUT2D eigenvalue weighted by molar-refractivity contribution is 7.92. The van der Waals surface area contributed by atoms with E-state index in [1.165, 1.54) is 0 Å². The van der Waals surface area contributed by atoms with E-state index >= 15 is 0 Å². The SMILES string of the molecule is O=CNc1cc(S(=O)(=O)C(F)(F)F)ccc1Cl. The summed E-state index contributed by atoms with van der Waals surface area (Å²) in [6.45, 7) is 0. The van der Waals surface area contributed by atoms with Crippen molar-refractivity contribution in [1.82, 2.24) is 0 Å². The average molecular weight is 288 g/mol. The molecule has 1 N–H and O–H groups in total. The molecule has 0 saturated heterocycles. The van der Waals surface area contributed by atoms with Crippen molar-refractivity contribution in [3.8, 4) is 0 Å². The van der Waals surface area contributed by atoms with Crippen molar-refractivity contribution in [1.29, 1.82) is 0 Å². The smallest absolute Gasteiger partial charge is 0.327 e. The van der Waals surface area contributed by atoms with Gasteiger partial charge in [-0.15, -0.1) is 0 Å². The average Bonchev–Trinajstić information content (AvgIpc) is 2.19. The molecular weight excluding hydrogens is 283 g/mol. The van der Waals surface area contributed by atoms with Crippen molar-refractivity contribution >= 4 is 33.5 Å². The molecule has 0 unspecified atom stereocenters. The van der Waals surface area contributed by atoms with E-state index in [2.05, 4.69) is 0 Å². The Labute approximate surface area is 99.3 Å². The van der Waals surface area contributed by atoms with Crippen LogP contribution >= 0.6 is 11.6 Å². The van der Waals surface area contributed by atoms with Crippen molar-refractivity contribution in [3.05, 3.63) is 23.2 Å². The van der Waals surface area contributed by atoms with E-state index in [1.807, 2.05) is 5.32 Å². The molecule has 1 aromatic rings. The van der Waals surface area contributed by atoms with Crippen molar-refractivity contribution in [2.24, 2.45) is 0 Å². The quantitative estimate of drug-likeness (QED) is 0.867. The normalized spacial score (nSPS) is 12.2. The highest BCUT2D eigenvalue weighted by Gasteiger charge is 2.46. The summed E-state index contributed by atoms with van der Waals surface area (Å²) in [6, 6.07) is 2.30. The molecule has 0 fully saturated rings. The second-order valence-electron chi connectivity index (χ2n) is 2.85. The third-order valence-corrected chi connectivity index (χ3v) is 3.58. The number of carbonyl (C=O) groups is 1. The van der Waals surface area contributed by atoms with Gasteiger partial charge in [-0.2, -0.15) is 13.2 Å². The number of rotatable bonds is 3. The molecule has 1 rings (SSSR count). The number of anilines is 1. The van der Waals surface area contributed by atoms with E-state index < -0.39 is 20.2 Å². The Morgan fingerprint density at radius 2 is 1.88 bits per heavy atom. The standard InChI is InChI=1S/C8H5ClF3NO3S/c9-6-2-1-5(3-7(6)13-4-14)17(15,16)8(10,11)12/h1-4H,(H,13,14). The highest BCUT2D eigenvalue weighted by atomic mass is 35.5. The monoisotopic (exact) mass is 287 g/mol.